The van der Waals surface area contributed by atoms with Gasteiger partial charge in [0.15, 0.2) is 5.97 Å². The molecule has 2 aliphatic rings. The number of amides is 1. The quantitative estimate of drug-likeness (QED) is 0.670. The van der Waals surface area contributed by atoms with Crippen LogP contribution in [-0.2, 0) is 33.9 Å². The number of likely N-dealkylation sites (tertiary alicyclic amines) is 1. The van der Waals surface area contributed by atoms with Crippen molar-refractivity contribution in [2.75, 3.05) is 19.6 Å². The Hall–Kier alpha value is -3.19. The molecule has 2 N–H and O–H groups in total. The second-order valence-corrected chi connectivity index (χ2v) is 8.08. The zero-order chi connectivity index (χ0) is 22.2. The highest BCUT2D eigenvalue weighted by molar-refractivity contribution is 6.26. The number of carbonyl (C=O) groups excluding carboxylic acids is 2. The Bertz CT molecular complexity index is 903. The summed E-state index contributed by atoms with van der Waals surface area (Å²) < 4.78 is 0. The van der Waals surface area contributed by atoms with Crippen molar-refractivity contribution in [1.82, 2.24) is 4.90 Å². The van der Waals surface area contributed by atoms with Crippen molar-refractivity contribution in [3.05, 3.63) is 71.3 Å². The molecule has 164 valence electrons. The molecule has 4 rings (SSSR count). The minimum Gasteiger partial charge on any atom is -0.539 e. The largest absolute Gasteiger partial charge is 0.539 e. The van der Waals surface area contributed by atoms with E-state index >= 15 is 0 Å². The standard InChI is InChI=1S/C22H26N2O.C2H2O4/c25-22(24-14-12-19-9-4-5-10-20(19)17-24)21-11-6-13-23(16-21)15-18-7-2-1-3-8-18;3-1(4)2(5)6/h1-5,7-10,21H,6,11-17H2;(H,3,4)(H,5,6). The van der Waals surface area contributed by atoms with E-state index in [1.807, 2.05) is 0 Å². The normalized spacial score (nSPS) is 20.1. The minimum atomic E-state index is -2.07. The van der Waals surface area contributed by atoms with Gasteiger partial charge in [0, 0.05) is 18.7 Å². The molecular weight excluding hydrogens is 396 g/mol. The molecule has 0 aromatic heterocycles. The number of aliphatic carboxylic acids is 2. The monoisotopic (exact) mass is 424 g/mol. The molecule has 7 heteroatoms. The van der Waals surface area contributed by atoms with Gasteiger partial charge in [-0.15, -0.1) is 0 Å². The first-order valence-corrected chi connectivity index (χ1v) is 10.6. The second-order valence-electron chi connectivity index (χ2n) is 8.08. The Balaban J connectivity index is 0.000000401. The van der Waals surface area contributed by atoms with E-state index in [1.165, 1.54) is 23.2 Å². The maximum atomic E-state index is 13.1. The third-order valence-corrected chi connectivity index (χ3v) is 5.88. The van der Waals surface area contributed by atoms with Crippen LogP contribution in [0.15, 0.2) is 54.6 Å². The smallest absolute Gasteiger partial charge is 0.351 e. The van der Waals surface area contributed by atoms with Crippen molar-refractivity contribution in [1.29, 1.82) is 0 Å². The summed E-state index contributed by atoms with van der Waals surface area (Å²) in [5.41, 5.74) is 4.11. The molecule has 2 aliphatic heterocycles. The molecule has 1 saturated heterocycles. The van der Waals surface area contributed by atoms with Crippen LogP contribution in [0, 0.1) is 5.92 Å². The fourth-order valence-electron chi connectivity index (χ4n) is 4.35. The van der Waals surface area contributed by atoms with Gasteiger partial charge in [-0.1, -0.05) is 54.6 Å². The number of piperidine rings is 1. The molecule has 0 spiro atoms. The number of carboxylic acid groups (broad SMARTS) is 2. The minimum absolute atomic E-state index is 0.192. The highest BCUT2D eigenvalue weighted by atomic mass is 16.4. The van der Waals surface area contributed by atoms with E-state index < -0.39 is 11.9 Å². The topological polar surface area (TPSA) is 102 Å². The molecule has 2 unspecified atom stereocenters. The lowest BCUT2D eigenvalue weighted by Crippen LogP contribution is -3.12. The summed E-state index contributed by atoms with van der Waals surface area (Å²) in [5.74, 6) is -3.44. The maximum Gasteiger partial charge on any atom is 0.351 e. The summed E-state index contributed by atoms with van der Waals surface area (Å²) in [4.78, 5) is 34.7. The molecule has 2 atom stereocenters. The molecular formula is C24H28N2O5. The Labute approximate surface area is 181 Å². The summed E-state index contributed by atoms with van der Waals surface area (Å²) in [6.07, 6.45) is 3.20. The van der Waals surface area contributed by atoms with E-state index in [9.17, 15) is 4.79 Å². The van der Waals surface area contributed by atoms with Gasteiger partial charge in [-0.25, -0.2) is 4.79 Å². The number of benzene rings is 2. The third-order valence-electron chi connectivity index (χ3n) is 5.88. The highest BCUT2D eigenvalue weighted by Crippen LogP contribution is 2.21. The molecule has 0 saturated carbocycles. The van der Waals surface area contributed by atoms with Gasteiger partial charge in [-0.3, -0.25) is 4.79 Å². The van der Waals surface area contributed by atoms with Gasteiger partial charge in [0.1, 0.15) is 6.54 Å². The van der Waals surface area contributed by atoms with E-state index in [4.69, 9.17) is 19.8 Å². The molecule has 31 heavy (non-hydrogen) atoms. The Morgan fingerprint density at radius 1 is 1.03 bits per heavy atom. The number of nitrogens with one attached hydrogen (secondary N) is 1. The van der Waals surface area contributed by atoms with Crippen molar-refractivity contribution >= 4 is 17.8 Å². The number of hydrogen-bond acceptors (Lipinski definition) is 4. The van der Waals surface area contributed by atoms with Crippen LogP contribution in [0.2, 0.25) is 0 Å². The molecule has 0 bridgehead atoms. The van der Waals surface area contributed by atoms with Gasteiger partial charge in [-0.2, -0.15) is 0 Å². The van der Waals surface area contributed by atoms with Crippen molar-refractivity contribution in [3.8, 4) is 0 Å². The Morgan fingerprint density at radius 2 is 1.68 bits per heavy atom. The number of carbonyl (C=O) groups is 3. The van der Waals surface area contributed by atoms with E-state index in [0.717, 1.165) is 45.4 Å². The molecule has 0 aliphatic carbocycles. The molecule has 2 heterocycles. The average Bonchev–Trinajstić information content (AvgIpc) is 2.79. The lowest BCUT2D eigenvalue weighted by Gasteiger charge is -2.35. The maximum absolute atomic E-state index is 13.1. The van der Waals surface area contributed by atoms with Crippen LogP contribution < -0.4 is 10.0 Å². The number of carboxylic acids is 2. The highest BCUT2D eigenvalue weighted by Gasteiger charge is 2.32. The van der Waals surface area contributed by atoms with E-state index in [2.05, 4.69) is 59.5 Å². The van der Waals surface area contributed by atoms with Crippen LogP contribution in [0.5, 0.6) is 0 Å². The summed E-state index contributed by atoms with van der Waals surface area (Å²) in [7, 11) is 0. The van der Waals surface area contributed by atoms with E-state index in [0.29, 0.717) is 5.91 Å². The van der Waals surface area contributed by atoms with Gasteiger partial charge < -0.3 is 24.8 Å². The molecule has 1 fully saturated rings. The fourth-order valence-corrected chi connectivity index (χ4v) is 4.35. The number of fused-ring (bicyclic) bond motifs is 1. The van der Waals surface area contributed by atoms with Crippen molar-refractivity contribution in [2.45, 2.75) is 32.4 Å². The van der Waals surface area contributed by atoms with Gasteiger partial charge in [0.25, 0.3) is 0 Å². The lowest BCUT2D eigenvalue weighted by atomic mass is 9.93. The summed E-state index contributed by atoms with van der Waals surface area (Å²) >= 11 is 0. The molecule has 7 nitrogen and oxygen atoms in total. The SMILES string of the molecule is O=C(C1CCC[NH+](Cc2ccccc2)C1)N1CCc2ccccc2C1.O=C([O-])C(=O)O. The van der Waals surface area contributed by atoms with Crippen LogP contribution in [0.3, 0.4) is 0 Å². The van der Waals surface area contributed by atoms with Gasteiger partial charge in [0.2, 0.25) is 5.91 Å². The summed E-state index contributed by atoms with van der Waals surface area (Å²) in [5, 5.41) is 16.3. The summed E-state index contributed by atoms with van der Waals surface area (Å²) in [6.45, 7) is 4.86. The number of nitrogens with zero attached hydrogens (tertiary/aromatic N) is 1. The second kappa shape index (κ2) is 10.7. The molecule has 2 aromatic carbocycles. The average molecular weight is 424 g/mol. The van der Waals surface area contributed by atoms with E-state index in [1.54, 1.807) is 4.90 Å². The lowest BCUT2D eigenvalue weighted by molar-refractivity contribution is -0.921. The van der Waals surface area contributed by atoms with Crippen molar-refractivity contribution < 1.29 is 29.5 Å². The van der Waals surface area contributed by atoms with Crippen LogP contribution in [-0.4, -0.2) is 47.5 Å². The Kier molecular flexibility index (Phi) is 7.78. The third kappa shape index (κ3) is 6.39. The van der Waals surface area contributed by atoms with Gasteiger partial charge in [0.05, 0.1) is 19.0 Å². The molecule has 0 radical (unpaired) electrons. The predicted molar refractivity (Wildman–Crippen MR) is 112 cm³/mol. The predicted octanol–water partition coefficient (Wildman–Crippen LogP) is -0.113. The van der Waals surface area contributed by atoms with E-state index in [-0.39, 0.29) is 5.92 Å². The van der Waals surface area contributed by atoms with Gasteiger partial charge >= 0.3 is 5.97 Å². The van der Waals surface area contributed by atoms with Crippen LogP contribution >= 0.6 is 0 Å². The first kappa shape index (κ1) is 22.5. The summed E-state index contributed by atoms with van der Waals surface area (Å²) in [6, 6.07) is 19.2. The first-order chi connectivity index (χ1) is 14.9. The number of rotatable bonds is 3. The van der Waals surface area contributed by atoms with Crippen molar-refractivity contribution in [3.63, 3.8) is 0 Å². The van der Waals surface area contributed by atoms with Crippen LogP contribution in [0.1, 0.15) is 29.5 Å². The number of hydrogen-bond donors (Lipinski definition) is 2. The molecule has 1 amide bonds. The first-order valence-electron chi connectivity index (χ1n) is 10.6. The fraction of sp³-hybridized carbons (Fsp3) is 0.375. The zero-order valence-corrected chi connectivity index (χ0v) is 17.5. The Morgan fingerprint density at radius 3 is 2.35 bits per heavy atom. The van der Waals surface area contributed by atoms with Crippen LogP contribution in [0.25, 0.3) is 0 Å². The van der Waals surface area contributed by atoms with Crippen LogP contribution in [0.4, 0.5) is 0 Å². The van der Waals surface area contributed by atoms with Crippen molar-refractivity contribution in [2.24, 2.45) is 5.92 Å². The number of quaternary nitrogens is 1. The molecule has 2 aromatic rings. The zero-order valence-electron chi connectivity index (χ0n) is 17.5. The van der Waals surface area contributed by atoms with Gasteiger partial charge in [-0.05, 0) is 30.4 Å².